The maximum Gasteiger partial charge on any atom is 0.262 e. The van der Waals surface area contributed by atoms with Crippen LogP contribution in [0.2, 0.25) is 0 Å². The van der Waals surface area contributed by atoms with Crippen molar-refractivity contribution in [2.45, 2.75) is 18.2 Å². The van der Waals surface area contributed by atoms with Crippen LogP contribution in [0.4, 0.5) is 0 Å². The molecule has 1 amide bonds. The first-order valence-electron chi connectivity index (χ1n) is 5.72. The highest BCUT2D eigenvalue weighted by Gasteiger charge is 2.19. The molecule has 0 aliphatic heterocycles. The first kappa shape index (κ1) is 15.3. The van der Waals surface area contributed by atoms with E-state index in [1.54, 1.807) is 19.1 Å². The number of hydrogen-bond acceptors (Lipinski definition) is 5. The van der Waals surface area contributed by atoms with Crippen LogP contribution in [0.5, 0.6) is 0 Å². The average Bonchev–Trinajstić information content (AvgIpc) is 2.90. The Labute approximate surface area is 116 Å². The molecule has 5 nitrogen and oxygen atoms in total. The van der Waals surface area contributed by atoms with Gasteiger partial charge in [-0.3, -0.25) is 4.79 Å². The summed E-state index contributed by atoms with van der Waals surface area (Å²) >= 11 is 1.46. The van der Waals surface area contributed by atoms with Crippen LogP contribution >= 0.6 is 11.8 Å². The summed E-state index contributed by atoms with van der Waals surface area (Å²) < 4.78 is 5.06. The van der Waals surface area contributed by atoms with Gasteiger partial charge in [-0.1, -0.05) is 0 Å². The van der Waals surface area contributed by atoms with Crippen LogP contribution in [0, 0.1) is 11.3 Å². The zero-order valence-electron chi connectivity index (χ0n) is 10.8. The number of aliphatic hydroxyl groups is 1. The normalized spacial score (nSPS) is 14.5. The van der Waals surface area contributed by atoms with Crippen LogP contribution in [0.1, 0.15) is 12.7 Å². The highest BCUT2D eigenvalue weighted by molar-refractivity contribution is 7.99. The van der Waals surface area contributed by atoms with Gasteiger partial charge >= 0.3 is 0 Å². The van der Waals surface area contributed by atoms with E-state index < -0.39 is 5.91 Å². The molecule has 0 saturated carbocycles. The quantitative estimate of drug-likeness (QED) is 0.608. The Morgan fingerprint density at radius 2 is 2.47 bits per heavy atom. The van der Waals surface area contributed by atoms with Crippen molar-refractivity contribution in [3.63, 3.8) is 0 Å². The molecular formula is C13H16N2O3S. The first-order chi connectivity index (χ1) is 9.12. The van der Waals surface area contributed by atoms with Gasteiger partial charge in [-0.15, -0.1) is 0 Å². The van der Waals surface area contributed by atoms with E-state index in [1.165, 1.54) is 24.1 Å². The topological polar surface area (TPSA) is 86.3 Å². The van der Waals surface area contributed by atoms with Gasteiger partial charge in [-0.05, 0) is 25.3 Å². The van der Waals surface area contributed by atoms with E-state index in [9.17, 15) is 4.79 Å². The molecule has 2 N–H and O–H groups in total. The third-order valence-electron chi connectivity index (χ3n) is 2.59. The van der Waals surface area contributed by atoms with Gasteiger partial charge < -0.3 is 14.8 Å². The molecule has 2 unspecified atom stereocenters. The largest absolute Gasteiger partial charge is 0.465 e. The summed E-state index contributed by atoms with van der Waals surface area (Å²) in [4.78, 5) is 11.9. The minimum Gasteiger partial charge on any atom is -0.465 e. The fourth-order valence-corrected chi connectivity index (χ4v) is 2.10. The number of hydrogen-bond donors (Lipinski definition) is 2. The number of amides is 1. The lowest BCUT2D eigenvalue weighted by molar-refractivity contribution is -0.117. The number of carbonyl (C=O) groups is 1. The van der Waals surface area contributed by atoms with Gasteiger partial charge in [0.1, 0.15) is 17.4 Å². The molecule has 1 rings (SSSR count). The number of thioether (sulfide) groups is 1. The lowest BCUT2D eigenvalue weighted by Crippen LogP contribution is -2.41. The molecule has 0 aliphatic carbocycles. The minimum absolute atomic E-state index is 0.0282. The second kappa shape index (κ2) is 7.67. The van der Waals surface area contributed by atoms with Crippen molar-refractivity contribution in [1.29, 1.82) is 5.26 Å². The van der Waals surface area contributed by atoms with E-state index >= 15 is 0 Å². The molecule has 0 radical (unpaired) electrons. The molecule has 0 fully saturated rings. The lowest BCUT2D eigenvalue weighted by atomic mass is 10.2. The van der Waals surface area contributed by atoms with Crippen molar-refractivity contribution < 1.29 is 14.3 Å². The average molecular weight is 280 g/mol. The second-order valence-corrected chi connectivity index (χ2v) is 4.98. The molecule has 1 aromatic rings. The van der Waals surface area contributed by atoms with E-state index in [4.69, 9.17) is 14.8 Å². The van der Waals surface area contributed by atoms with E-state index in [-0.39, 0.29) is 23.5 Å². The zero-order valence-corrected chi connectivity index (χ0v) is 11.6. The maximum atomic E-state index is 11.9. The molecule has 6 heteroatoms. The monoisotopic (exact) mass is 280 g/mol. The third kappa shape index (κ3) is 4.47. The summed E-state index contributed by atoms with van der Waals surface area (Å²) in [7, 11) is 0. The van der Waals surface area contributed by atoms with Gasteiger partial charge in [-0.25, -0.2) is 0 Å². The number of nitrogens with one attached hydrogen (secondary N) is 1. The van der Waals surface area contributed by atoms with Crippen molar-refractivity contribution >= 4 is 23.7 Å². The Hall–Kier alpha value is -1.71. The van der Waals surface area contributed by atoms with E-state index in [0.29, 0.717) is 5.76 Å². The molecule has 1 heterocycles. The van der Waals surface area contributed by atoms with Gasteiger partial charge in [0.25, 0.3) is 5.91 Å². The smallest absolute Gasteiger partial charge is 0.262 e. The number of aliphatic hydroxyl groups excluding tert-OH is 1. The van der Waals surface area contributed by atoms with Crippen molar-refractivity contribution in [2.75, 3.05) is 12.9 Å². The first-order valence-corrected chi connectivity index (χ1v) is 7.01. The molecule has 0 aromatic carbocycles. The zero-order chi connectivity index (χ0) is 14.3. The van der Waals surface area contributed by atoms with Crippen LogP contribution in [-0.2, 0) is 4.79 Å². The molecular weight excluding hydrogens is 264 g/mol. The fourth-order valence-electron chi connectivity index (χ4n) is 1.48. The van der Waals surface area contributed by atoms with Crippen molar-refractivity contribution in [3.05, 3.63) is 29.7 Å². The summed E-state index contributed by atoms with van der Waals surface area (Å²) in [6, 6.07) is 4.94. The second-order valence-electron chi connectivity index (χ2n) is 3.90. The summed E-state index contributed by atoms with van der Waals surface area (Å²) in [5.41, 5.74) is -0.0282. The summed E-state index contributed by atoms with van der Waals surface area (Å²) in [5, 5.41) is 20.7. The summed E-state index contributed by atoms with van der Waals surface area (Å²) in [6.07, 6.45) is 4.71. The lowest BCUT2D eigenvalue weighted by Gasteiger charge is -2.20. The maximum absolute atomic E-state index is 11.9. The van der Waals surface area contributed by atoms with E-state index in [2.05, 4.69) is 5.32 Å². The van der Waals surface area contributed by atoms with Gasteiger partial charge in [0.05, 0.1) is 12.9 Å². The number of nitrogens with zero attached hydrogens (tertiary/aromatic N) is 1. The van der Waals surface area contributed by atoms with Crippen LogP contribution in [0.15, 0.2) is 28.4 Å². The van der Waals surface area contributed by atoms with E-state index in [0.717, 1.165) is 0 Å². The van der Waals surface area contributed by atoms with Gasteiger partial charge in [0.2, 0.25) is 0 Å². The van der Waals surface area contributed by atoms with Crippen LogP contribution < -0.4 is 5.32 Å². The fraction of sp³-hybridized carbons (Fsp3) is 0.385. The standard InChI is InChI=1S/C13H16N2O3S/c1-9(12(8-16)19-2)15-13(17)10(7-14)6-11-4-3-5-18-11/h3-6,9,12,16H,8H2,1-2H3,(H,15,17)/b10-6+. The predicted octanol–water partition coefficient (Wildman–Crippen LogP) is 1.42. The van der Waals surface area contributed by atoms with Gasteiger partial charge in [0.15, 0.2) is 0 Å². The Morgan fingerprint density at radius 3 is 2.95 bits per heavy atom. The Kier molecular flexibility index (Phi) is 6.19. The number of rotatable bonds is 6. The Morgan fingerprint density at radius 1 is 1.74 bits per heavy atom. The van der Waals surface area contributed by atoms with Crippen molar-refractivity contribution in [3.8, 4) is 6.07 Å². The molecule has 1 aromatic heterocycles. The molecule has 0 spiro atoms. The van der Waals surface area contributed by atoms with Crippen LogP contribution in [0.3, 0.4) is 0 Å². The third-order valence-corrected chi connectivity index (χ3v) is 3.76. The van der Waals surface area contributed by atoms with Crippen LogP contribution in [0.25, 0.3) is 6.08 Å². The molecule has 0 aliphatic rings. The van der Waals surface area contributed by atoms with Crippen molar-refractivity contribution in [2.24, 2.45) is 0 Å². The molecule has 2 atom stereocenters. The minimum atomic E-state index is -0.473. The van der Waals surface area contributed by atoms with Crippen molar-refractivity contribution in [1.82, 2.24) is 5.32 Å². The van der Waals surface area contributed by atoms with Gasteiger partial charge in [0, 0.05) is 17.4 Å². The predicted molar refractivity (Wildman–Crippen MR) is 74.3 cm³/mol. The van der Waals surface area contributed by atoms with E-state index in [1.807, 2.05) is 12.3 Å². The van der Waals surface area contributed by atoms with Gasteiger partial charge in [-0.2, -0.15) is 17.0 Å². The Balaban J connectivity index is 2.73. The van der Waals surface area contributed by atoms with Crippen LogP contribution in [-0.4, -0.2) is 35.2 Å². The molecule has 102 valence electrons. The molecule has 19 heavy (non-hydrogen) atoms. The number of nitriles is 1. The highest BCUT2D eigenvalue weighted by Crippen LogP contribution is 2.12. The number of carbonyl (C=O) groups excluding carboxylic acids is 1. The SMILES string of the molecule is CSC(CO)C(C)NC(=O)/C(C#N)=C/c1ccco1. The molecule has 0 saturated heterocycles. The summed E-state index contributed by atoms with van der Waals surface area (Å²) in [5.74, 6) is -0.0261. The Bertz CT molecular complexity index is 473. The highest BCUT2D eigenvalue weighted by atomic mass is 32.2. The molecule has 0 bridgehead atoms. The summed E-state index contributed by atoms with van der Waals surface area (Å²) in [6.45, 7) is 1.75. The number of furan rings is 1.